The van der Waals surface area contributed by atoms with Crippen molar-refractivity contribution in [1.29, 1.82) is 0 Å². The number of halogens is 26. The van der Waals surface area contributed by atoms with Gasteiger partial charge in [-0.1, -0.05) is 0 Å². The molecule has 0 radical (unpaired) electrons. The zero-order valence-corrected chi connectivity index (χ0v) is 18.5. The van der Waals surface area contributed by atoms with Gasteiger partial charge in [0.1, 0.15) is 5.41 Å². The second-order valence-corrected chi connectivity index (χ2v) is 10.2. The molecule has 0 heterocycles. The van der Waals surface area contributed by atoms with Gasteiger partial charge < -0.3 is 0 Å². The zero-order chi connectivity index (χ0) is 34.7. The van der Waals surface area contributed by atoms with Gasteiger partial charge in [-0.05, 0) is 0 Å². The van der Waals surface area contributed by atoms with E-state index in [9.17, 15) is 96.6 Å². The molecular weight excluding hydrogens is 698 g/mol. The van der Waals surface area contributed by atoms with Gasteiger partial charge >= 0.3 is 59.7 Å². The first kappa shape index (κ1) is 34.1. The third kappa shape index (κ3) is 2.12. The molecule has 4 fully saturated rings. The Morgan fingerprint density at radius 3 is 0.860 bits per heavy atom. The van der Waals surface area contributed by atoms with E-state index in [0.29, 0.717) is 0 Å². The van der Waals surface area contributed by atoms with Gasteiger partial charge in [0, 0.05) is 0 Å². The molecule has 4 aliphatic rings. The zero-order valence-electron chi connectivity index (χ0n) is 18.5. The molecule has 43 heavy (non-hydrogen) atoms. The van der Waals surface area contributed by atoms with Crippen LogP contribution < -0.4 is 0 Å². The molecule has 252 valence electrons. The quantitative estimate of drug-likeness (QED) is 0.241. The first-order chi connectivity index (χ1) is 18.2. The predicted octanol–water partition coefficient (Wildman–Crippen LogP) is 8.44. The molecule has 0 unspecified atom stereocenters. The first-order valence-corrected chi connectivity index (χ1v) is 10.1. The fraction of sp³-hybridized carbons (Fsp3) is 1.00. The van der Waals surface area contributed by atoms with Crippen LogP contribution in [-0.4, -0.2) is 82.4 Å². The van der Waals surface area contributed by atoms with Gasteiger partial charge in [0.15, 0.2) is 0 Å². The summed E-state index contributed by atoms with van der Waals surface area (Å²) in [6, 6.07) is 0. The summed E-state index contributed by atoms with van der Waals surface area (Å²) in [4.78, 5) is 0. The maximum Gasteiger partial charge on any atom is 0.407 e. The summed E-state index contributed by atoms with van der Waals surface area (Å²) >= 11 is 0. The second-order valence-electron chi connectivity index (χ2n) is 10.2. The summed E-state index contributed by atoms with van der Waals surface area (Å²) in [6.45, 7) is 0. The molecule has 0 spiro atoms. The van der Waals surface area contributed by atoms with Gasteiger partial charge in [-0.25, -0.2) is 17.6 Å². The van der Waals surface area contributed by atoms with E-state index in [-0.39, 0.29) is 0 Å². The molecule has 0 aromatic heterocycles. The number of hydrogen-bond donors (Lipinski definition) is 0. The Morgan fingerprint density at radius 2 is 0.558 bits per heavy atom. The molecular formula is C17H2F26. The summed E-state index contributed by atoms with van der Waals surface area (Å²) in [5.41, 5.74) is -53.4. The van der Waals surface area contributed by atoms with Gasteiger partial charge in [0.25, 0.3) is 5.67 Å². The van der Waals surface area contributed by atoms with E-state index in [4.69, 9.17) is 0 Å². The standard InChI is InChI=1S/C17H2F26/c18-3(19,20)1-2-5(21)4(17(41,42)43,9(25,26)10(5,27)28)6(2,22)11(29,30)13(33,34)8(24)7(2,23)12(31,32)15(37,38)16(39,40)14(8,35)36/h1H2/t2-,4+,5-,6-,7-,8-/m1/s1. The van der Waals surface area contributed by atoms with Crippen molar-refractivity contribution >= 4 is 0 Å². The van der Waals surface area contributed by atoms with Crippen molar-refractivity contribution in [3.05, 3.63) is 0 Å². The van der Waals surface area contributed by atoms with E-state index in [0.717, 1.165) is 0 Å². The van der Waals surface area contributed by atoms with Gasteiger partial charge in [0.05, 0.1) is 6.42 Å². The molecule has 0 nitrogen and oxygen atoms in total. The average Bonchev–Trinajstić information content (AvgIpc) is 2.76. The van der Waals surface area contributed by atoms with Crippen LogP contribution in [0.2, 0.25) is 0 Å². The summed E-state index contributed by atoms with van der Waals surface area (Å²) in [5.74, 6) is -71.2. The lowest BCUT2D eigenvalue weighted by atomic mass is 9.16. The maximum atomic E-state index is 16.2. The third-order valence-corrected chi connectivity index (χ3v) is 8.77. The van der Waals surface area contributed by atoms with E-state index < -0.39 is 99.7 Å². The minimum Gasteiger partial charge on any atom is -0.235 e. The van der Waals surface area contributed by atoms with E-state index in [2.05, 4.69) is 0 Å². The van der Waals surface area contributed by atoms with Crippen molar-refractivity contribution in [1.82, 2.24) is 0 Å². The van der Waals surface area contributed by atoms with Crippen LogP contribution in [0, 0.1) is 10.8 Å². The maximum absolute atomic E-state index is 16.2. The SMILES string of the molecule is FC(F)(F)C[C@]12[C@]3(F)C(F)(F)C(F)(F)C(F)(F)C(F)(F)[C@]3(F)C(F)(F)C(F)(F)[C@]1(F)[C@]1(C(F)(F)F)C(F)(F)C(F)(F)[C@]12F. The third-order valence-electron chi connectivity index (χ3n) is 8.77. The van der Waals surface area contributed by atoms with E-state index >= 15 is 17.6 Å². The highest BCUT2D eigenvalue weighted by atomic mass is 19.4. The minimum absolute atomic E-state index is 5.61. The molecule has 26 heteroatoms. The largest absolute Gasteiger partial charge is 0.407 e. The van der Waals surface area contributed by atoms with Crippen LogP contribution in [0.5, 0.6) is 0 Å². The van der Waals surface area contributed by atoms with Gasteiger partial charge in [-0.2, -0.15) is 96.6 Å². The molecule has 0 aliphatic heterocycles. The Labute approximate surface area is 215 Å². The lowest BCUT2D eigenvalue weighted by Gasteiger charge is -2.87. The van der Waals surface area contributed by atoms with Gasteiger partial charge in [-0.3, -0.25) is 0 Å². The molecule has 0 bridgehead atoms. The molecule has 0 N–H and O–H groups in total. The van der Waals surface area contributed by atoms with Crippen LogP contribution >= 0.6 is 0 Å². The second kappa shape index (κ2) is 6.81. The molecule has 4 rings (SSSR count). The lowest BCUT2D eigenvalue weighted by molar-refractivity contribution is -0.678. The number of alkyl halides is 26. The van der Waals surface area contributed by atoms with Crippen molar-refractivity contribution < 1.29 is 114 Å². The highest BCUT2D eigenvalue weighted by Crippen LogP contribution is 3.02. The van der Waals surface area contributed by atoms with E-state index in [1.807, 2.05) is 0 Å². The molecule has 0 aromatic carbocycles. The van der Waals surface area contributed by atoms with Crippen LogP contribution in [0.4, 0.5) is 114 Å². The highest BCUT2D eigenvalue weighted by Gasteiger charge is 3.30. The van der Waals surface area contributed by atoms with Crippen molar-refractivity contribution in [3.8, 4) is 0 Å². The van der Waals surface area contributed by atoms with Crippen LogP contribution in [0.1, 0.15) is 6.42 Å². The van der Waals surface area contributed by atoms with Gasteiger partial charge in [-0.15, -0.1) is 0 Å². The molecule has 6 atom stereocenters. The molecule has 4 aliphatic carbocycles. The van der Waals surface area contributed by atoms with E-state index in [1.54, 1.807) is 0 Å². The Hall–Kier alpha value is -1.82. The monoisotopic (exact) mass is 700 g/mol. The fourth-order valence-corrected chi connectivity index (χ4v) is 7.26. The summed E-state index contributed by atoms with van der Waals surface area (Å²) in [7, 11) is 0. The Morgan fingerprint density at radius 1 is 0.302 bits per heavy atom. The summed E-state index contributed by atoms with van der Waals surface area (Å²) in [6.07, 6.45) is -21.9. The fourth-order valence-electron chi connectivity index (χ4n) is 7.26. The summed E-state index contributed by atoms with van der Waals surface area (Å²) < 4.78 is 376. The van der Waals surface area contributed by atoms with Crippen LogP contribution in [0.15, 0.2) is 0 Å². The van der Waals surface area contributed by atoms with Crippen molar-refractivity contribution in [2.24, 2.45) is 10.8 Å². The first-order valence-electron chi connectivity index (χ1n) is 10.1. The number of hydrogen-bond acceptors (Lipinski definition) is 0. The van der Waals surface area contributed by atoms with Gasteiger partial charge in [0.2, 0.25) is 22.4 Å². The molecule has 4 saturated carbocycles. The Bertz CT molecular complexity index is 1270. The Kier molecular flexibility index (Phi) is 5.39. The number of rotatable bonds is 1. The molecule has 0 aromatic rings. The molecule has 0 amide bonds. The minimum atomic E-state index is -9.46. The number of fused-ring (bicyclic) bond motifs is 6. The Balaban J connectivity index is 2.48. The van der Waals surface area contributed by atoms with Crippen LogP contribution in [0.25, 0.3) is 0 Å². The van der Waals surface area contributed by atoms with Crippen molar-refractivity contribution in [3.63, 3.8) is 0 Å². The van der Waals surface area contributed by atoms with E-state index in [1.165, 1.54) is 0 Å². The topological polar surface area (TPSA) is 0 Å². The smallest absolute Gasteiger partial charge is 0.235 e. The van der Waals surface area contributed by atoms with Crippen molar-refractivity contribution in [2.45, 2.75) is 88.8 Å². The average molecular weight is 700 g/mol. The molecule has 0 saturated heterocycles. The van der Waals surface area contributed by atoms with Crippen molar-refractivity contribution in [2.75, 3.05) is 0 Å². The van der Waals surface area contributed by atoms with Crippen LogP contribution in [-0.2, 0) is 0 Å². The normalized spacial score (nSPS) is 49.0. The lowest BCUT2D eigenvalue weighted by Crippen LogP contribution is -3.16. The highest BCUT2D eigenvalue weighted by molar-refractivity contribution is 5.62. The van der Waals surface area contributed by atoms with Crippen LogP contribution in [0.3, 0.4) is 0 Å². The predicted molar refractivity (Wildman–Crippen MR) is 76.5 cm³/mol. The summed E-state index contributed by atoms with van der Waals surface area (Å²) in [5, 5.41) is 0.